The fourth-order valence-corrected chi connectivity index (χ4v) is 9.42. The van der Waals surface area contributed by atoms with Crippen molar-refractivity contribution in [3.05, 3.63) is 115 Å². The van der Waals surface area contributed by atoms with E-state index in [1.807, 2.05) is 76.3 Å². The maximum Gasteiger partial charge on any atom is 0.165 e. The minimum Gasteiger partial charge on any atom is -0.340 e. The number of piperidine rings is 2. The molecule has 0 saturated carbocycles. The van der Waals surface area contributed by atoms with Crippen LogP contribution in [0.5, 0.6) is 0 Å². The summed E-state index contributed by atoms with van der Waals surface area (Å²) in [5.41, 5.74) is 11.5. The van der Waals surface area contributed by atoms with Crippen molar-refractivity contribution in [1.29, 1.82) is 0 Å². The molecule has 2 fully saturated rings. The summed E-state index contributed by atoms with van der Waals surface area (Å²) >= 11 is 1.43. The first kappa shape index (κ1) is 37.3. The SMILES string of the molecule is Cc1cc(Nc2cc(C3CCC(c4nn(C)cc4-c4cnn5c(Nc6ccc(-n7ccnc7)cc6)cc(C6CCCNC6)nc45)NC3)nc3c(-c4cnn(C)c4)cnn23)sn1. The number of imidazole rings is 1. The van der Waals surface area contributed by atoms with Crippen LogP contribution in [0.4, 0.5) is 22.3 Å². The summed E-state index contributed by atoms with van der Waals surface area (Å²) in [5, 5.41) is 34.9. The first-order valence-electron chi connectivity index (χ1n) is 20.7. The summed E-state index contributed by atoms with van der Waals surface area (Å²) in [6.07, 6.45) is 19.3. The maximum absolute atomic E-state index is 5.35. The van der Waals surface area contributed by atoms with Crippen LogP contribution in [0, 0.1) is 6.92 Å². The van der Waals surface area contributed by atoms with E-state index in [0.717, 1.165) is 130 Å². The van der Waals surface area contributed by atoms with Gasteiger partial charge in [-0.15, -0.1) is 0 Å². The third kappa shape index (κ3) is 7.11. The average molecular weight is 832 g/mol. The minimum absolute atomic E-state index is 0.0298. The molecule has 3 unspecified atom stereocenters. The predicted molar refractivity (Wildman–Crippen MR) is 235 cm³/mol. The van der Waals surface area contributed by atoms with Crippen molar-refractivity contribution in [3.63, 3.8) is 0 Å². The van der Waals surface area contributed by atoms with Crippen LogP contribution in [0.25, 0.3) is 39.2 Å². The van der Waals surface area contributed by atoms with Gasteiger partial charge in [0.15, 0.2) is 11.3 Å². The smallest absolute Gasteiger partial charge is 0.165 e. The van der Waals surface area contributed by atoms with Crippen LogP contribution in [-0.2, 0) is 14.1 Å². The highest BCUT2D eigenvalue weighted by atomic mass is 32.1. The molecular weight excluding hydrogens is 787 g/mol. The van der Waals surface area contributed by atoms with Gasteiger partial charge in [0.2, 0.25) is 0 Å². The summed E-state index contributed by atoms with van der Waals surface area (Å²) in [6, 6.07) is 14.7. The molecule has 0 aliphatic carbocycles. The van der Waals surface area contributed by atoms with Crippen molar-refractivity contribution in [1.82, 2.24) is 73.3 Å². The molecule has 0 bridgehead atoms. The molecule has 9 aromatic rings. The molecule has 308 valence electrons. The number of nitrogens with zero attached hydrogens (tertiary/aromatic N) is 13. The van der Waals surface area contributed by atoms with Gasteiger partial charge in [0.1, 0.15) is 16.6 Å². The van der Waals surface area contributed by atoms with Gasteiger partial charge in [-0.3, -0.25) is 9.36 Å². The Kier molecular flexibility index (Phi) is 9.38. The molecule has 2 aliphatic rings. The van der Waals surface area contributed by atoms with E-state index in [0.29, 0.717) is 5.92 Å². The highest BCUT2D eigenvalue weighted by molar-refractivity contribution is 7.10. The number of hydrogen-bond acceptors (Lipinski definition) is 13. The molecule has 0 radical (unpaired) electrons. The lowest BCUT2D eigenvalue weighted by Crippen LogP contribution is -2.33. The van der Waals surface area contributed by atoms with Crippen LogP contribution in [0.3, 0.4) is 0 Å². The third-order valence-electron chi connectivity index (χ3n) is 11.8. The van der Waals surface area contributed by atoms with Crippen LogP contribution >= 0.6 is 11.5 Å². The minimum atomic E-state index is 0.0298. The number of aromatic nitrogens is 13. The molecule has 18 heteroatoms. The summed E-state index contributed by atoms with van der Waals surface area (Å²) in [7, 11) is 3.91. The Bertz CT molecular complexity index is 2970. The van der Waals surface area contributed by atoms with Crippen molar-refractivity contribution >= 4 is 45.2 Å². The lowest BCUT2D eigenvalue weighted by atomic mass is 9.89. The Morgan fingerprint density at radius 1 is 0.770 bits per heavy atom. The number of fused-ring (bicyclic) bond motifs is 2. The van der Waals surface area contributed by atoms with E-state index < -0.39 is 0 Å². The van der Waals surface area contributed by atoms with Crippen LogP contribution in [0.15, 0.2) is 92.2 Å². The Morgan fingerprint density at radius 2 is 1.54 bits per heavy atom. The lowest BCUT2D eigenvalue weighted by Gasteiger charge is -2.29. The fourth-order valence-electron chi connectivity index (χ4n) is 8.76. The van der Waals surface area contributed by atoms with E-state index in [4.69, 9.17) is 25.3 Å². The topological polar surface area (TPSA) is 175 Å². The standard InChI is InChI=1S/C43H45N17S/c1-26-15-40(61-55-26)53-39-17-37(51-42-32(21-48-60(39)42)29-20-47-56(2)23-29)28-6-11-35(46-19-28)41-34(24-57(3)54-41)33-22-49-59-38(16-36(52-43(33)59)27-5-4-12-44-18-27)50-30-7-9-31(10-8-30)58-14-13-45-25-58/h7-10,13-17,20-25,27-28,35,44,46,50,53H,4-6,11-12,18-19H2,1-3H3. The monoisotopic (exact) mass is 831 g/mol. The summed E-state index contributed by atoms with van der Waals surface area (Å²) < 4.78 is 14.0. The van der Waals surface area contributed by atoms with E-state index >= 15 is 0 Å². The second kappa shape index (κ2) is 15.4. The molecule has 0 amide bonds. The lowest BCUT2D eigenvalue weighted by molar-refractivity contribution is 0.363. The second-order valence-corrected chi connectivity index (χ2v) is 16.9. The van der Waals surface area contributed by atoms with Crippen molar-refractivity contribution in [3.8, 4) is 27.9 Å². The van der Waals surface area contributed by atoms with Crippen LogP contribution in [0.2, 0.25) is 0 Å². The fraction of sp³-hybridized carbons (Fsp3) is 0.302. The molecule has 17 nitrogen and oxygen atoms in total. The quantitative estimate of drug-likeness (QED) is 0.115. The van der Waals surface area contributed by atoms with Gasteiger partial charge in [0.25, 0.3) is 0 Å². The molecule has 8 aromatic heterocycles. The normalized spacial score (nSPS) is 18.3. The maximum atomic E-state index is 5.35. The summed E-state index contributed by atoms with van der Waals surface area (Å²) in [5.74, 6) is 2.18. The molecule has 1 aromatic carbocycles. The molecule has 61 heavy (non-hydrogen) atoms. The number of rotatable bonds is 10. The number of nitrogens with one attached hydrogen (secondary N) is 4. The molecule has 3 atom stereocenters. The molecule has 10 heterocycles. The van der Waals surface area contributed by atoms with E-state index in [-0.39, 0.29) is 12.0 Å². The highest BCUT2D eigenvalue weighted by Crippen LogP contribution is 2.39. The van der Waals surface area contributed by atoms with E-state index in [1.54, 1.807) is 17.2 Å². The molecule has 11 rings (SSSR count). The van der Waals surface area contributed by atoms with E-state index in [2.05, 4.69) is 78.3 Å². The molecule has 4 N–H and O–H groups in total. The highest BCUT2D eigenvalue weighted by Gasteiger charge is 2.30. The first-order valence-corrected chi connectivity index (χ1v) is 21.5. The van der Waals surface area contributed by atoms with Crippen LogP contribution in [-0.4, -0.2) is 82.3 Å². The van der Waals surface area contributed by atoms with Gasteiger partial charge in [-0.25, -0.2) is 15.0 Å². The Hall–Kier alpha value is -6.76. The largest absolute Gasteiger partial charge is 0.340 e. The Labute approximate surface area is 355 Å². The second-order valence-electron chi connectivity index (χ2n) is 16.1. The predicted octanol–water partition coefficient (Wildman–Crippen LogP) is 6.69. The average Bonchev–Trinajstić information content (AvgIpc) is 4.15. The zero-order chi connectivity index (χ0) is 41.0. The third-order valence-corrected chi connectivity index (χ3v) is 12.6. The van der Waals surface area contributed by atoms with E-state index in [9.17, 15) is 0 Å². The number of anilines is 4. The summed E-state index contributed by atoms with van der Waals surface area (Å²) in [6.45, 7) is 4.66. The van der Waals surface area contributed by atoms with Gasteiger partial charge in [-0.1, -0.05) is 0 Å². The van der Waals surface area contributed by atoms with Gasteiger partial charge in [0, 0.05) is 104 Å². The van der Waals surface area contributed by atoms with Crippen molar-refractivity contribution < 1.29 is 0 Å². The Morgan fingerprint density at radius 3 is 2.21 bits per heavy atom. The van der Waals surface area contributed by atoms with Gasteiger partial charge >= 0.3 is 0 Å². The number of aryl methyl sites for hydroxylation is 3. The molecule has 2 aliphatic heterocycles. The van der Waals surface area contributed by atoms with Gasteiger partial charge in [-0.2, -0.15) is 33.8 Å². The van der Waals surface area contributed by atoms with Gasteiger partial charge in [0.05, 0.1) is 59.3 Å². The van der Waals surface area contributed by atoms with Crippen LogP contribution in [0.1, 0.15) is 66.3 Å². The van der Waals surface area contributed by atoms with Crippen LogP contribution < -0.4 is 21.3 Å². The zero-order valence-corrected chi connectivity index (χ0v) is 34.9. The summed E-state index contributed by atoms with van der Waals surface area (Å²) in [4.78, 5) is 14.8. The molecule has 0 spiro atoms. The zero-order valence-electron chi connectivity index (χ0n) is 34.1. The molecule has 2 saturated heterocycles. The van der Waals surface area contributed by atoms with E-state index in [1.165, 1.54) is 11.5 Å². The molecular formula is C43H45N17S. The van der Waals surface area contributed by atoms with Gasteiger partial charge < -0.3 is 25.8 Å². The number of hydrogen-bond donors (Lipinski definition) is 4. The van der Waals surface area contributed by atoms with Crippen molar-refractivity contribution in [2.24, 2.45) is 14.1 Å². The van der Waals surface area contributed by atoms with Gasteiger partial charge in [-0.05, 0) is 81.0 Å². The van der Waals surface area contributed by atoms with Crippen molar-refractivity contribution in [2.45, 2.75) is 50.5 Å². The van der Waals surface area contributed by atoms with Crippen molar-refractivity contribution in [2.75, 3.05) is 30.3 Å². The Balaban J connectivity index is 0.901. The number of benzene rings is 1. The first-order chi connectivity index (χ1) is 29.9.